The van der Waals surface area contributed by atoms with Crippen LogP contribution >= 0.6 is 11.3 Å². The van der Waals surface area contributed by atoms with E-state index < -0.39 is 0 Å². The van der Waals surface area contributed by atoms with Crippen molar-refractivity contribution in [2.45, 2.75) is 26.3 Å². The van der Waals surface area contributed by atoms with Gasteiger partial charge in [0.1, 0.15) is 0 Å². The Morgan fingerprint density at radius 1 is 1.26 bits per heavy atom. The minimum absolute atomic E-state index is 0.329. The normalized spacial score (nSPS) is 13.6. The number of benzene rings is 1. The highest BCUT2D eigenvalue weighted by atomic mass is 32.1. The van der Waals surface area contributed by atoms with Crippen molar-refractivity contribution in [2.24, 2.45) is 11.7 Å². The fourth-order valence-corrected chi connectivity index (χ4v) is 3.43. The lowest BCUT2D eigenvalue weighted by atomic mass is 10.0. The minimum atomic E-state index is 0.329. The average Bonchev–Trinajstić information content (AvgIpc) is 2.81. The number of thiophene rings is 1. The smallest absolute Gasteiger partial charge is 0.0481 e. The lowest BCUT2D eigenvalue weighted by Crippen LogP contribution is -2.31. The summed E-state index contributed by atoms with van der Waals surface area (Å²) in [6.07, 6.45) is 1.22. The van der Waals surface area contributed by atoms with Crippen molar-refractivity contribution < 1.29 is 0 Å². The molecule has 1 heterocycles. The minimum Gasteiger partial charge on any atom is -0.329 e. The summed E-state index contributed by atoms with van der Waals surface area (Å²) in [5, 5.41) is 3.63. The van der Waals surface area contributed by atoms with Gasteiger partial charge in [-0.05, 0) is 48.3 Å². The van der Waals surface area contributed by atoms with Crippen molar-refractivity contribution in [1.82, 2.24) is 4.90 Å². The predicted molar refractivity (Wildman–Crippen MR) is 85.7 cm³/mol. The Kier molecular flexibility index (Phi) is 4.97. The standard InChI is InChI=1S/C16H24N2S/c1-12(2)8-9-18(3)15(10-17)14-11-19-16-7-5-4-6-13(14)16/h4-7,11-12,15H,8-10,17H2,1-3H3. The zero-order valence-electron chi connectivity index (χ0n) is 12.1. The van der Waals surface area contributed by atoms with Crippen molar-refractivity contribution in [2.75, 3.05) is 20.1 Å². The van der Waals surface area contributed by atoms with Crippen molar-refractivity contribution in [1.29, 1.82) is 0 Å². The molecule has 104 valence electrons. The average molecular weight is 276 g/mol. The van der Waals surface area contributed by atoms with Gasteiger partial charge in [-0.2, -0.15) is 0 Å². The number of likely N-dealkylation sites (N-methyl/N-ethyl adjacent to an activating group) is 1. The molecule has 0 amide bonds. The summed E-state index contributed by atoms with van der Waals surface area (Å²) in [4.78, 5) is 2.40. The Bertz CT molecular complexity index is 518. The Morgan fingerprint density at radius 3 is 2.68 bits per heavy atom. The quantitative estimate of drug-likeness (QED) is 0.867. The molecule has 0 spiro atoms. The van der Waals surface area contributed by atoms with Gasteiger partial charge in [0, 0.05) is 17.3 Å². The third-order valence-electron chi connectivity index (χ3n) is 3.68. The van der Waals surface area contributed by atoms with E-state index in [1.165, 1.54) is 22.1 Å². The summed E-state index contributed by atoms with van der Waals surface area (Å²) in [6.45, 7) is 6.32. The van der Waals surface area contributed by atoms with Crippen LogP contribution in [0.4, 0.5) is 0 Å². The second-order valence-corrected chi connectivity index (χ2v) is 6.51. The fraction of sp³-hybridized carbons (Fsp3) is 0.500. The summed E-state index contributed by atoms with van der Waals surface area (Å²) >= 11 is 1.82. The predicted octanol–water partition coefficient (Wildman–Crippen LogP) is 3.88. The molecule has 2 nitrogen and oxygen atoms in total. The van der Waals surface area contributed by atoms with E-state index in [1.807, 2.05) is 11.3 Å². The van der Waals surface area contributed by atoms with Crippen molar-refractivity contribution in [3.63, 3.8) is 0 Å². The third kappa shape index (κ3) is 3.35. The van der Waals surface area contributed by atoms with Crippen LogP contribution in [0.1, 0.15) is 31.9 Å². The maximum absolute atomic E-state index is 6.03. The van der Waals surface area contributed by atoms with Crippen LogP contribution in [-0.2, 0) is 0 Å². The summed E-state index contributed by atoms with van der Waals surface area (Å²) in [7, 11) is 2.19. The van der Waals surface area contributed by atoms with E-state index in [2.05, 4.69) is 55.4 Å². The van der Waals surface area contributed by atoms with Crippen molar-refractivity contribution in [3.05, 3.63) is 35.2 Å². The Balaban J connectivity index is 2.21. The van der Waals surface area contributed by atoms with Crippen LogP contribution in [0.15, 0.2) is 29.6 Å². The van der Waals surface area contributed by atoms with Crippen LogP contribution < -0.4 is 5.73 Å². The number of hydrogen-bond donors (Lipinski definition) is 1. The van der Waals surface area contributed by atoms with E-state index in [-0.39, 0.29) is 0 Å². The van der Waals surface area contributed by atoms with Crippen LogP contribution in [0.2, 0.25) is 0 Å². The highest BCUT2D eigenvalue weighted by Gasteiger charge is 2.18. The van der Waals surface area contributed by atoms with Crippen LogP contribution in [0.3, 0.4) is 0 Å². The van der Waals surface area contributed by atoms with Crippen LogP contribution in [0, 0.1) is 5.92 Å². The monoisotopic (exact) mass is 276 g/mol. The summed E-state index contributed by atoms with van der Waals surface area (Å²) in [5.74, 6) is 0.736. The maximum Gasteiger partial charge on any atom is 0.0481 e. The first-order chi connectivity index (χ1) is 9.13. The number of rotatable bonds is 6. The fourth-order valence-electron chi connectivity index (χ4n) is 2.42. The number of fused-ring (bicyclic) bond motifs is 1. The van der Waals surface area contributed by atoms with E-state index in [0.29, 0.717) is 12.6 Å². The highest BCUT2D eigenvalue weighted by Crippen LogP contribution is 2.32. The van der Waals surface area contributed by atoms with Gasteiger partial charge in [0.25, 0.3) is 0 Å². The molecule has 0 aliphatic heterocycles. The Morgan fingerprint density at radius 2 is 2.00 bits per heavy atom. The van der Waals surface area contributed by atoms with E-state index >= 15 is 0 Å². The first-order valence-corrected chi connectivity index (χ1v) is 7.88. The molecule has 19 heavy (non-hydrogen) atoms. The molecule has 2 N–H and O–H groups in total. The molecule has 0 aliphatic rings. The maximum atomic E-state index is 6.03. The summed E-state index contributed by atoms with van der Waals surface area (Å²) in [6, 6.07) is 8.93. The molecule has 1 aromatic carbocycles. The van der Waals surface area contributed by atoms with Crippen LogP contribution in [0.25, 0.3) is 10.1 Å². The SMILES string of the molecule is CC(C)CCN(C)C(CN)c1csc2ccccc12. The lowest BCUT2D eigenvalue weighted by Gasteiger charge is -2.27. The zero-order valence-corrected chi connectivity index (χ0v) is 12.9. The molecular weight excluding hydrogens is 252 g/mol. The van der Waals surface area contributed by atoms with Crippen molar-refractivity contribution in [3.8, 4) is 0 Å². The Hall–Kier alpha value is -0.900. The lowest BCUT2D eigenvalue weighted by molar-refractivity contribution is 0.238. The van der Waals surface area contributed by atoms with Crippen LogP contribution in [-0.4, -0.2) is 25.0 Å². The molecular formula is C16H24N2S. The van der Waals surface area contributed by atoms with Gasteiger partial charge in [-0.15, -0.1) is 11.3 Å². The molecule has 0 radical (unpaired) electrons. The molecule has 2 aromatic rings. The molecule has 0 saturated heterocycles. The van der Waals surface area contributed by atoms with Crippen molar-refractivity contribution >= 4 is 21.4 Å². The molecule has 1 aromatic heterocycles. The second-order valence-electron chi connectivity index (χ2n) is 5.60. The molecule has 0 aliphatic carbocycles. The van der Waals surface area contributed by atoms with Gasteiger partial charge in [-0.25, -0.2) is 0 Å². The second kappa shape index (κ2) is 6.51. The molecule has 2 rings (SSSR count). The topological polar surface area (TPSA) is 29.3 Å². The molecule has 1 unspecified atom stereocenters. The Labute approximate surface area is 120 Å². The van der Waals surface area contributed by atoms with Gasteiger partial charge in [-0.1, -0.05) is 32.0 Å². The van der Waals surface area contributed by atoms with Gasteiger partial charge in [0.2, 0.25) is 0 Å². The first-order valence-electron chi connectivity index (χ1n) is 7.00. The van der Waals surface area contributed by atoms with Gasteiger partial charge < -0.3 is 5.73 Å². The highest BCUT2D eigenvalue weighted by molar-refractivity contribution is 7.17. The molecule has 3 heteroatoms. The largest absolute Gasteiger partial charge is 0.329 e. The van der Waals surface area contributed by atoms with Crippen LogP contribution in [0.5, 0.6) is 0 Å². The van der Waals surface area contributed by atoms with Gasteiger partial charge >= 0.3 is 0 Å². The van der Waals surface area contributed by atoms with E-state index in [0.717, 1.165) is 12.5 Å². The zero-order chi connectivity index (χ0) is 13.8. The van der Waals surface area contributed by atoms with E-state index in [4.69, 9.17) is 5.73 Å². The molecule has 1 atom stereocenters. The number of nitrogens with zero attached hydrogens (tertiary/aromatic N) is 1. The van der Waals surface area contributed by atoms with E-state index in [9.17, 15) is 0 Å². The third-order valence-corrected chi connectivity index (χ3v) is 4.67. The number of hydrogen-bond acceptors (Lipinski definition) is 3. The van der Waals surface area contributed by atoms with Gasteiger partial charge in [-0.3, -0.25) is 4.90 Å². The van der Waals surface area contributed by atoms with E-state index in [1.54, 1.807) is 0 Å². The van der Waals surface area contributed by atoms with Gasteiger partial charge in [0.05, 0.1) is 0 Å². The summed E-state index contributed by atoms with van der Waals surface area (Å²) < 4.78 is 1.35. The molecule has 0 saturated carbocycles. The first kappa shape index (κ1) is 14.5. The number of nitrogens with two attached hydrogens (primary N) is 1. The molecule has 0 fully saturated rings. The molecule has 0 bridgehead atoms. The summed E-state index contributed by atoms with van der Waals surface area (Å²) in [5.41, 5.74) is 7.41. The van der Waals surface area contributed by atoms with Gasteiger partial charge in [0.15, 0.2) is 0 Å².